The standard InChI is InChI=1S/C12H26N2O/c1-4-12(15)10-14-7-5-13(6-8-14)9-11(2)3/h11-12,15H,4-10H2,1-3H3. The molecule has 1 atom stereocenters. The van der Waals surface area contributed by atoms with Gasteiger partial charge in [-0.2, -0.15) is 0 Å². The fourth-order valence-corrected chi connectivity index (χ4v) is 2.10. The number of aliphatic hydroxyl groups is 1. The number of hydrogen-bond acceptors (Lipinski definition) is 3. The Morgan fingerprint density at radius 1 is 1.00 bits per heavy atom. The zero-order valence-corrected chi connectivity index (χ0v) is 10.4. The van der Waals surface area contributed by atoms with E-state index in [1.165, 1.54) is 6.54 Å². The van der Waals surface area contributed by atoms with E-state index in [-0.39, 0.29) is 6.10 Å². The molecule has 15 heavy (non-hydrogen) atoms. The number of β-amino-alcohol motifs (C(OH)–C–C–N with tert-alkyl or cyclic N) is 1. The molecule has 0 saturated carbocycles. The molecule has 0 bridgehead atoms. The van der Waals surface area contributed by atoms with Crippen LogP contribution in [0.15, 0.2) is 0 Å². The minimum absolute atomic E-state index is 0.137. The molecule has 0 spiro atoms. The Bertz CT molecular complexity index is 165. The van der Waals surface area contributed by atoms with Gasteiger partial charge in [0.25, 0.3) is 0 Å². The summed E-state index contributed by atoms with van der Waals surface area (Å²) in [7, 11) is 0. The van der Waals surface area contributed by atoms with Gasteiger partial charge in [-0.3, -0.25) is 4.90 Å². The molecule has 0 radical (unpaired) electrons. The van der Waals surface area contributed by atoms with Gasteiger partial charge >= 0.3 is 0 Å². The number of hydrogen-bond donors (Lipinski definition) is 1. The molecule has 0 aromatic heterocycles. The number of rotatable bonds is 5. The van der Waals surface area contributed by atoms with Crippen molar-refractivity contribution in [1.29, 1.82) is 0 Å². The maximum Gasteiger partial charge on any atom is 0.0664 e. The molecule has 1 rings (SSSR count). The third-order valence-electron chi connectivity index (χ3n) is 3.03. The van der Waals surface area contributed by atoms with Crippen LogP contribution >= 0.6 is 0 Å². The van der Waals surface area contributed by atoms with Crippen LogP contribution in [0.1, 0.15) is 27.2 Å². The SMILES string of the molecule is CCC(O)CN1CCN(CC(C)C)CC1. The molecule has 1 heterocycles. The van der Waals surface area contributed by atoms with Crippen molar-refractivity contribution in [1.82, 2.24) is 9.80 Å². The van der Waals surface area contributed by atoms with Crippen molar-refractivity contribution in [3.8, 4) is 0 Å². The van der Waals surface area contributed by atoms with Crippen molar-refractivity contribution in [3.63, 3.8) is 0 Å². The quantitative estimate of drug-likeness (QED) is 0.740. The first-order valence-corrected chi connectivity index (χ1v) is 6.24. The average Bonchev–Trinajstić information content (AvgIpc) is 2.20. The topological polar surface area (TPSA) is 26.7 Å². The van der Waals surface area contributed by atoms with Gasteiger partial charge in [-0.05, 0) is 12.3 Å². The first-order valence-electron chi connectivity index (χ1n) is 6.24. The van der Waals surface area contributed by atoms with E-state index in [0.717, 1.165) is 45.1 Å². The van der Waals surface area contributed by atoms with E-state index in [9.17, 15) is 5.11 Å². The average molecular weight is 214 g/mol. The van der Waals surface area contributed by atoms with Crippen molar-refractivity contribution in [3.05, 3.63) is 0 Å². The van der Waals surface area contributed by atoms with E-state index in [4.69, 9.17) is 0 Å². The van der Waals surface area contributed by atoms with Gasteiger partial charge < -0.3 is 10.0 Å². The third kappa shape index (κ3) is 4.96. The molecule has 1 unspecified atom stereocenters. The summed E-state index contributed by atoms with van der Waals surface area (Å²) in [5.41, 5.74) is 0. The maximum absolute atomic E-state index is 9.57. The molecular weight excluding hydrogens is 188 g/mol. The summed E-state index contributed by atoms with van der Waals surface area (Å²) in [6.07, 6.45) is 0.730. The molecule has 1 saturated heterocycles. The minimum Gasteiger partial charge on any atom is -0.392 e. The Kier molecular flexibility index (Phi) is 5.58. The van der Waals surface area contributed by atoms with Crippen molar-refractivity contribution >= 4 is 0 Å². The molecule has 1 aliphatic rings. The zero-order chi connectivity index (χ0) is 11.3. The lowest BCUT2D eigenvalue weighted by Crippen LogP contribution is -2.49. The van der Waals surface area contributed by atoms with Crippen molar-refractivity contribution in [2.24, 2.45) is 5.92 Å². The molecular formula is C12H26N2O. The van der Waals surface area contributed by atoms with Gasteiger partial charge in [-0.15, -0.1) is 0 Å². The first-order chi connectivity index (χ1) is 7.11. The van der Waals surface area contributed by atoms with Gasteiger partial charge in [0.15, 0.2) is 0 Å². The zero-order valence-electron chi connectivity index (χ0n) is 10.4. The molecule has 1 fully saturated rings. The molecule has 0 aliphatic carbocycles. The predicted molar refractivity (Wildman–Crippen MR) is 64.0 cm³/mol. The molecule has 0 amide bonds. The number of piperazine rings is 1. The highest BCUT2D eigenvalue weighted by atomic mass is 16.3. The Hall–Kier alpha value is -0.120. The molecule has 3 nitrogen and oxygen atoms in total. The van der Waals surface area contributed by atoms with Gasteiger partial charge in [-0.1, -0.05) is 20.8 Å². The molecule has 1 aliphatic heterocycles. The highest BCUT2D eigenvalue weighted by Crippen LogP contribution is 2.06. The lowest BCUT2D eigenvalue weighted by Gasteiger charge is -2.36. The van der Waals surface area contributed by atoms with E-state index >= 15 is 0 Å². The number of aliphatic hydroxyl groups excluding tert-OH is 1. The van der Waals surface area contributed by atoms with E-state index in [1.807, 2.05) is 6.92 Å². The van der Waals surface area contributed by atoms with Gasteiger partial charge in [0.1, 0.15) is 0 Å². The third-order valence-corrected chi connectivity index (χ3v) is 3.03. The lowest BCUT2D eigenvalue weighted by molar-refractivity contribution is 0.0674. The molecule has 90 valence electrons. The largest absolute Gasteiger partial charge is 0.392 e. The molecule has 0 aromatic rings. The van der Waals surface area contributed by atoms with Crippen LogP contribution in [-0.2, 0) is 0 Å². The smallest absolute Gasteiger partial charge is 0.0664 e. The summed E-state index contributed by atoms with van der Waals surface area (Å²) in [6, 6.07) is 0. The highest BCUT2D eigenvalue weighted by Gasteiger charge is 2.18. The highest BCUT2D eigenvalue weighted by molar-refractivity contribution is 4.74. The summed E-state index contributed by atoms with van der Waals surface area (Å²) < 4.78 is 0. The summed E-state index contributed by atoms with van der Waals surface area (Å²) in [5.74, 6) is 0.762. The summed E-state index contributed by atoms with van der Waals surface area (Å²) in [6.45, 7) is 13.2. The second-order valence-electron chi connectivity index (χ2n) is 5.06. The maximum atomic E-state index is 9.57. The van der Waals surface area contributed by atoms with Crippen LogP contribution in [0.4, 0.5) is 0 Å². The van der Waals surface area contributed by atoms with Crippen molar-refractivity contribution in [2.45, 2.75) is 33.3 Å². The van der Waals surface area contributed by atoms with E-state index < -0.39 is 0 Å². The summed E-state index contributed by atoms with van der Waals surface area (Å²) in [4.78, 5) is 4.91. The Balaban J connectivity index is 2.18. The predicted octanol–water partition coefficient (Wildman–Crippen LogP) is 1.03. The van der Waals surface area contributed by atoms with Gasteiger partial charge in [-0.25, -0.2) is 0 Å². The van der Waals surface area contributed by atoms with Crippen LogP contribution in [-0.4, -0.2) is 60.3 Å². The van der Waals surface area contributed by atoms with E-state index in [2.05, 4.69) is 23.6 Å². The Morgan fingerprint density at radius 3 is 1.87 bits per heavy atom. The minimum atomic E-state index is -0.137. The second-order valence-corrected chi connectivity index (χ2v) is 5.06. The van der Waals surface area contributed by atoms with Crippen LogP contribution in [0.2, 0.25) is 0 Å². The summed E-state index contributed by atoms with van der Waals surface area (Å²) >= 11 is 0. The second kappa shape index (κ2) is 6.46. The molecule has 3 heteroatoms. The Morgan fingerprint density at radius 2 is 1.47 bits per heavy atom. The Labute approximate surface area is 94.1 Å². The number of nitrogens with zero attached hydrogens (tertiary/aromatic N) is 2. The van der Waals surface area contributed by atoms with Crippen LogP contribution in [0.5, 0.6) is 0 Å². The monoisotopic (exact) mass is 214 g/mol. The fourth-order valence-electron chi connectivity index (χ4n) is 2.10. The van der Waals surface area contributed by atoms with E-state index in [1.54, 1.807) is 0 Å². The van der Waals surface area contributed by atoms with Crippen LogP contribution in [0.3, 0.4) is 0 Å². The first kappa shape index (κ1) is 12.9. The van der Waals surface area contributed by atoms with Crippen LogP contribution in [0.25, 0.3) is 0 Å². The molecule has 1 N–H and O–H groups in total. The normalized spacial score (nSPS) is 22.2. The van der Waals surface area contributed by atoms with Gasteiger partial charge in [0, 0.05) is 39.3 Å². The van der Waals surface area contributed by atoms with E-state index in [0.29, 0.717) is 0 Å². The van der Waals surface area contributed by atoms with Crippen LogP contribution in [0, 0.1) is 5.92 Å². The van der Waals surface area contributed by atoms with Crippen LogP contribution < -0.4 is 0 Å². The fraction of sp³-hybridized carbons (Fsp3) is 1.00. The van der Waals surface area contributed by atoms with Crippen molar-refractivity contribution < 1.29 is 5.11 Å². The molecule has 0 aromatic carbocycles. The van der Waals surface area contributed by atoms with Crippen molar-refractivity contribution in [2.75, 3.05) is 39.3 Å². The van der Waals surface area contributed by atoms with Gasteiger partial charge in [0.05, 0.1) is 6.10 Å². The summed E-state index contributed by atoms with van der Waals surface area (Å²) in [5, 5.41) is 9.57. The van der Waals surface area contributed by atoms with Gasteiger partial charge in [0.2, 0.25) is 0 Å². The lowest BCUT2D eigenvalue weighted by atomic mass is 10.2.